The van der Waals surface area contributed by atoms with Gasteiger partial charge in [0.25, 0.3) is 0 Å². The van der Waals surface area contributed by atoms with E-state index in [1.54, 1.807) is 18.2 Å². The maximum Gasteiger partial charge on any atom is 0.313 e. The third kappa shape index (κ3) is 5.51. The number of nitrogens with zero attached hydrogens (tertiary/aromatic N) is 1. The predicted octanol–water partition coefficient (Wildman–Crippen LogP) is 4.11. The van der Waals surface area contributed by atoms with E-state index in [0.717, 1.165) is 31.5 Å². The van der Waals surface area contributed by atoms with Gasteiger partial charge in [-0.25, -0.2) is 0 Å². The Morgan fingerprint density at radius 1 is 1.14 bits per heavy atom. The van der Waals surface area contributed by atoms with Crippen LogP contribution >= 0.6 is 11.6 Å². The van der Waals surface area contributed by atoms with Gasteiger partial charge >= 0.3 is 11.8 Å². The maximum absolute atomic E-state index is 12.1. The van der Waals surface area contributed by atoms with Crippen LogP contribution in [0.1, 0.15) is 36.5 Å². The van der Waals surface area contributed by atoms with Gasteiger partial charge in [-0.05, 0) is 67.5 Å². The van der Waals surface area contributed by atoms with Crippen LogP contribution in [-0.4, -0.2) is 31.4 Å². The Morgan fingerprint density at radius 2 is 1.97 bits per heavy atom. The van der Waals surface area contributed by atoms with Crippen LogP contribution in [0.4, 0.5) is 11.4 Å². The number of hydrogen-bond acceptors (Lipinski definition) is 3. The molecule has 1 aliphatic rings. The summed E-state index contributed by atoms with van der Waals surface area (Å²) in [6, 6.07) is 11.7. The number of carbonyl (C=O) groups excluding carboxylic acids is 2. The van der Waals surface area contributed by atoms with Crippen LogP contribution in [0, 0.1) is 6.92 Å². The molecule has 5 nitrogen and oxygen atoms in total. The fourth-order valence-electron chi connectivity index (χ4n) is 3.65. The van der Waals surface area contributed by atoms with E-state index in [1.807, 2.05) is 6.92 Å². The third-order valence-electron chi connectivity index (χ3n) is 5.19. The summed E-state index contributed by atoms with van der Waals surface area (Å²) in [7, 11) is 0. The topological polar surface area (TPSA) is 61.4 Å². The fraction of sp³-hybridized carbons (Fsp3) is 0.391. The third-order valence-corrected chi connectivity index (χ3v) is 5.59. The zero-order valence-corrected chi connectivity index (χ0v) is 17.8. The van der Waals surface area contributed by atoms with Crippen molar-refractivity contribution < 1.29 is 9.59 Å². The SMILES string of the molecule is CCCN1CCCc2cc(CCNC(=O)C(=O)Nc3ccc(C)c(Cl)c3)ccc21. The van der Waals surface area contributed by atoms with E-state index in [-0.39, 0.29) is 0 Å². The van der Waals surface area contributed by atoms with E-state index in [2.05, 4.69) is 40.7 Å². The van der Waals surface area contributed by atoms with E-state index in [1.165, 1.54) is 23.2 Å². The quantitative estimate of drug-likeness (QED) is 0.700. The number of benzene rings is 2. The molecule has 0 atom stereocenters. The van der Waals surface area contributed by atoms with Gasteiger partial charge in [-0.3, -0.25) is 9.59 Å². The smallest absolute Gasteiger partial charge is 0.313 e. The van der Waals surface area contributed by atoms with Gasteiger partial charge in [-0.2, -0.15) is 0 Å². The van der Waals surface area contributed by atoms with E-state index in [4.69, 9.17) is 11.6 Å². The summed E-state index contributed by atoms with van der Waals surface area (Å²) in [5.41, 5.74) is 5.31. The Balaban J connectivity index is 1.51. The first-order valence-electron chi connectivity index (χ1n) is 10.2. The molecule has 0 bridgehead atoms. The molecule has 0 aromatic heterocycles. The number of halogens is 1. The summed E-state index contributed by atoms with van der Waals surface area (Å²) in [5.74, 6) is -1.33. The number of anilines is 2. The summed E-state index contributed by atoms with van der Waals surface area (Å²) in [5, 5.41) is 5.82. The van der Waals surface area contributed by atoms with Crippen LogP contribution in [0.15, 0.2) is 36.4 Å². The monoisotopic (exact) mass is 413 g/mol. The highest BCUT2D eigenvalue weighted by Crippen LogP contribution is 2.28. The molecule has 2 amide bonds. The number of fused-ring (bicyclic) bond motifs is 1. The molecule has 0 aliphatic carbocycles. The lowest BCUT2D eigenvalue weighted by Gasteiger charge is -2.31. The van der Waals surface area contributed by atoms with Gasteiger partial charge in [-0.1, -0.05) is 36.7 Å². The van der Waals surface area contributed by atoms with Gasteiger partial charge < -0.3 is 15.5 Å². The molecule has 154 valence electrons. The van der Waals surface area contributed by atoms with Crippen molar-refractivity contribution in [2.75, 3.05) is 29.9 Å². The molecular formula is C23H28ClN3O2. The molecule has 6 heteroatoms. The molecule has 1 aliphatic heterocycles. The zero-order chi connectivity index (χ0) is 20.8. The number of aryl methyl sites for hydroxylation is 2. The second kappa shape index (κ2) is 9.79. The van der Waals surface area contributed by atoms with E-state index in [9.17, 15) is 9.59 Å². The lowest BCUT2D eigenvalue weighted by atomic mass is 9.98. The van der Waals surface area contributed by atoms with E-state index in [0.29, 0.717) is 23.7 Å². The van der Waals surface area contributed by atoms with E-state index >= 15 is 0 Å². The number of rotatable bonds is 6. The second-order valence-corrected chi connectivity index (χ2v) is 7.88. The van der Waals surface area contributed by atoms with Gasteiger partial charge in [-0.15, -0.1) is 0 Å². The number of amides is 2. The molecule has 2 N–H and O–H groups in total. The average molecular weight is 414 g/mol. The highest BCUT2D eigenvalue weighted by atomic mass is 35.5. The Labute approximate surface area is 177 Å². The first-order chi connectivity index (χ1) is 14.0. The number of carbonyl (C=O) groups is 2. The summed E-state index contributed by atoms with van der Waals surface area (Å²) < 4.78 is 0. The lowest BCUT2D eigenvalue weighted by molar-refractivity contribution is -0.136. The number of nitrogens with one attached hydrogen (secondary N) is 2. The molecule has 0 saturated carbocycles. The van der Waals surface area contributed by atoms with Crippen LogP contribution in [-0.2, 0) is 22.4 Å². The van der Waals surface area contributed by atoms with Crippen molar-refractivity contribution in [3.63, 3.8) is 0 Å². The minimum atomic E-state index is -0.689. The fourth-order valence-corrected chi connectivity index (χ4v) is 3.83. The van der Waals surface area contributed by atoms with Crippen LogP contribution in [0.2, 0.25) is 5.02 Å². The molecule has 0 spiro atoms. The summed E-state index contributed by atoms with van der Waals surface area (Å²) in [4.78, 5) is 26.6. The van der Waals surface area contributed by atoms with Crippen LogP contribution in [0.3, 0.4) is 0 Å². The van der Waals surface area contributed by atoms with Gasteiger partial charge in [0.1, 0.15) is 0 Å². The van der Waals surface area contributed by atoms with Gasteiger partial charge in [0, 0.05) is 36.0 Å². The highest BCUT2D eigenvalue weighted by molar-refractivity contribution is 6.39. The predicted molar refractivity (Wildman–Crippen MR) is 119 cm³/mol. The molecule has 0 unspecified atom stereocenters. The van der Waals surface area contributed by atoms with Crippen molar-refractivity contribution in [1.29, 1.82) is 0 Å². The lowest BCUT2D eigenvalue weighted by Crippen LogP contribution is -2.36. The van der Waals surface area contributed by atoms with Crippen molar-refractivity contribution in [2.45, 2.75) is 39.5 Å². The number of hydrogen-bond donors (Lipinski definition) is 2. The minimum absolute atomic E-state index is 0.415. The zero-order valence-electron chi connectivity index (χ0n) is 17.1. The van der Waals surface area contributed by atoms with Gasteiger partial charge in [0.05, 0.1) is 0 Å². The normalized spacial score (nSPS) is 13.0. The first kappa shape index (κ1) is 21.2. The van der Waals surface area contributed by atoms with Crippen molar-refractivity contribution in [3.8, 4) is 0 Å². The summed E-state index contributed by atoms with van der Waals surface area (Å²) in [6.07, 6.45) is 4.11. The van der Waals surface area contributed by atoms with Gasteiger partial charge in [0.15, 0.2) is 0 Å². The van der Waals surface area contributed by atoms with Crippen LogP contribution in [0.5, 0.6) is 0 Å². The van der Waals surface area contributed by atoms with Crippen molar-refractivity contribution in [1.82, 2.24) is 5.32 Å². The standard InChI is InChI=1S/C23H28ClN3O2/c1-3-12-27-13-4-5-18-14-17(7-9-21(18)27)10-11-25-22(28)23(29)26-19-8-6-16(2)20(24)15-19/h6-9,14-15H,3-5,10-13H2,1-2H3,(H,25,28)(H,26,29). The maximum atomic E-state index is 12.1. The Kier molecular flexibility index (Phi) is 7.15. The largest absolute Gasteiger partial charge is 0.371 e. The summed E-state index contributed by atoms with van der Waals surface area (Å²) in [6.45, 7) is 6.71. The van der Waals surface area contributed by atoms with Crippen molar-refractivity contribution >= 4 is 34.8 Å². The van der Waals surface area contributed by atoms with Gasteiger partial charge in [0.2, 0.25) is 0 Å². The summed E-state index contributed by atoms with van der Waals surface area (Å²) >= 11 is 6.05. The average Bonchev–Trinajstić information content (AvgIpc) is 2.71. The first-order valence-corrected chi connectivity index (χ1v) is 10.6. The minimum Gasteiger partial charge on any atom is -0.371 e. The molecule has 1 heterocycles. The molecular weight excluding hydrogens is 386 g/mol. The van der Waals surface area contributed by atoms with Crippen molar-refractivity contribution in [3.05, 3.63) is 58.1 Å². The van der Waals surface area contributed by atoms with Crippen LogP contribution < -0.4 is 15.5 Å². The molecule has 3 rings (SSSR count). The Hall–Kier alpha value is -2.53. The molecule has 0 fully saturated rings. The van der Waals surface area contributed by atoms with E-state index < -0.39 is 11.8 Å². The van der Waals surface area contributed by atoms with Crippen molar-refractivity contribution in [2.24, 2.45) is 0 Å². The Morgan fingerprint density at radius 3 is 2.72 bits per heavy atom. The molecule has 0 saturated heterocycles. The van der Waals surface area contributed by atoms with Crippen LogP contribution in [0.25, 0.3) is 0 Å². The second-order valence-electron chi connectivity index (χ2n) is 7.48. The molecule has 29 heavy (non-hydrogen) atoms. The molecule has 2 aromatic carbocycles. The Bertz CT molecular complexity index is 898. The molecule has 2 aromatic rings. The molecule has 0 radical (unpaired) electrons. The highest BCUT2D eigenvalue weighted by Gasteiger charge is 2.17.